The van der Waals surface area contributed by atoms with Crippen molar-refractivity contribution in [3.05, 3.63) is 35.9 Å². The minimum Gasteiger partial charge on any atom is -0.282 e. The summed E-state index contributed by atoms with van der Waals surface area (Å²) < 4.78 is 0. The zero-order chi connectivity index (χ0) is 13.4. The molecule has 3 amide bonds. The number of urea groups is 1. The topological polar surface area (TPSA) is 113 Å². The van der Waals surface area contributed by atoms with E-state index < -0.39 is 11.9 Å². The van der Waals surface area contributed by atoms with Crippen LogP contribution in [0.1, 0.15) is 10.4 Å². The third-order valence-corrected chi connectivity index (χ3v) is 2.69. The maximum Gasteiger partial charge on any atom is 0.347 e. The first-order chi connectivity index (χ1) is 8.63. The normalized spacial score (nSPS) is 9.39. The molecule has 0 radical (unpaired) electrons. The van der Waals surface area contributed by atoms with Gasteiger partial charge in [-0.15, -0.1) is 0 Å². The molecular formula is C10H12N4O3S. The van der Waals surface area contributed by atoms with Crippen LogP contribution < -0.4 is 22.1 Å². The predicted molar refractivity (Wildman–Crippen MR) is 67.2 cm³/mol. The van der Waals surface area contributed by atoms with Crippen molar-refractivity contribution in [1.82, 2.24) is 16.3 Å². The molecule has 1 aromatic rings. The minimum absolute atomic E-state index is 0.0986. The summed E-state index contributed by atoms with van der Waals surface area (Å²) in [4.78, 5) is 33.5. The predicted octanol–water partition coefficient (Wildman–Crippen LogP) is -0.236. The van der Waals surface area contributed by atoms with Gasteiger partial charge in [-0.2, -0.15) is 0 Å². The van der Waals surface area contributed by atoms with E-state index in [4.69, 9.17) is 5.84 Å². The fourth-order valence-electron chi connectivity index (χ4n) is 0.987. The van der Waals surface area contributed by atoms with Gasteiger partial charge in [-0.25, -0.2) is 16.1 Å². The van der Waals surface area contributed by atoms with Crippen LogP contribution in [-0.2, 0) is 4.79 Å². The number of thioether (sulfide) groups is 1. The summed E-state index contributed by atoms with van der Waals surface area (Å²) >= 11 is 0.843. The molecule has 0 aromatic heterocycles. The van der Waals surface area contributed by atoms with Gasteiger partial charge in [0.1, 0.15) is 0 Å². The lowest BCUT2D eigenvalue weighted by Gasteiger charge is -2.05. The van der Waals surface area contributed by atoms with Crippen molar-refractivity contribution in [2.24, 2.45) is 5.84 Å². The maximum absolute atomic E-state index is 11.6. The lowest BCUT2D eigenvalue weighted by Crippen LogP contribution is -2.49. The van der Waals surface area contributed by atoms with Crippen LogP contribution in [0.3, 0.4) is 0 Å². The lowest BCUT2D eigenvalue weighted by molar-refractivity contribution is -0.119. The van der Waals surface area contributed by atoms with Crippen LogP contribution >= 0.6 is 11.8 Å². The highest BCUT2D eigenvalue weighted by Crippen LogP contribution is 2.11. The van der Waals surface area contributed by atoms with E-state index >= 15 is 0 Å². The van der Waals surface area contributed by atoms with E-state index in [1.54, 1.807) is 35.8 Å². The monoisotopic (exact) mass is 268 g/mol. The maximum atomic E-state index is 11.6. The molecule has 0 saturated heterocycles. The second-order valence-corrected chi connectivity index (χ2v) is 4.04. The van der Waals surface area contributed by atoms with Gasteiger partial charge in [-0.3, -0.25) is 20.4 Å². The third kappa shape index (κ3) is 4.85. The first-order valence-electron chi connectivity index (χ1n) is 4.91. The van der Waals surface area contributed by atoms with Gasteiger partial charge in [0, 0.05) is 5.56 Å². The molecule has 0 fully saturated rings. The molecule has 0 heterocycles. The van der Waals surface area contributed by atoms with Crippen LogP contribution in [0.5, 0.6) is 0 Å². The quantitative estimate of drug-likeness (QED) is 0.343. The van der Waals surface area contributed by atoms with Gasteiger partial charge >= 0.3 is 6.03 Å². The van der Waals surface area contributed by atoms with Crippen molar-refractivity contribution in [3.63, 3.8) is 0 Å². The number of nitrogens with one attached hydrogen (secondary N) is 3. The number of nitrogens with two attached hydrogens (primary N) is 1. The zero-order valence-electron chi connectivity index (χ0n) is 9.30. The number of carbonyl (C=O) groups excluding carboxylic acids is 3. The Morgan fingerprint density at radius 2 is 1.78 bits per heavy atom. The summed E-state index contributed by atoms with van der Waals surface area (Å²) in [5.74, 6) is 4.18. The second kappa shape index (κ2) is 7.30. The van der Waals surface area contributed by atoms with Crippen molar-refractivity contribution >= 4 is 28.8 Å². The lowest BCUT2D eigenvalue weighted by atomic mass is 10.2. The van der Waals surface area contributed by atoms with Crippen molar-refractivity contribution in [2.45, 2.75) is 0 Å². The molecule has 0 atom stereocenters. The first kappa shape index (κ1) is 14.0. The molecule has 18 heavy (non-hydrogen) atoms. The van der Waals surface area contributed by atoms with Gasteiger partial charge in [0.05, 0.1) is 5.75 Å². The van der Waals surface area contributed by atoms with Crippen molar-refractivity contribution in [3.8, 4) is 0 Å². The third-order valence-electron chi connectivity index (χ3n) is 1.79. The Kier molecular flexibility index (Phi) is 5.68. The van der Waals surface area contributed by atoms with E-state index in [2.05, 4.69) is 5.43 Å². The molecule has 0 saturated carbocycles. The smallest absolute Gasteiger partial charge is 0.282 e. The van der Waals surface area contributed by atoms with Crippen molar-refractivity contribution in [2.75, 3.05) is 5.75 Å². The Labute approximate surface area is 107 Å². The molecule has 0 aliphatic rings. The summed E-state index contributed by atoms with van der Waals surface area (Å²) in [5.41, 5.74) is 6.37. The Morgan fingerprint density at radius 1 is 1.11 bits per heavy atom. The van der Waals surface area contributed by atoms with Crippen molar-refractivity contribution < 1.29 is 14.4 Å². The van der Waals surface area contributed by atoms with Gasteiger partial charge in [-0.1, -0.05) is 42.1 Å². The molecule has 0 aliphatic heterocycles. The fraction of sp³-hybridized carbons (Fsp3) is 0.100. The summed E-state index contributed by atoms with van der Waals surface area (Å²) in [6.07, 6.45) is 0. The van der Waals surface area contributed by atoms with Gasteiger partial charge in [0.25, 0.3) is 0 Å². The van der Waals surface area contributed by atoms with Crippen LogP contribution in [0.4, 0.5) is 4.79 Å². The number of hydrazine groups is 2. The van der Waals surface area contributed by atoms with Crippen LogP contribution in [0.25, 0.3) is 0 Å². The molecule has 7 nitrogen and oxygen atoms in total. The number of rotatable bonds is 3. The standard InChI is InChI=1S/C10H12N4O3S/c11-12-10(17)14-13-8(15)6-18-9(16)7-4-2-1-3-5-7/h1-5H,6,11H2,(H,13,15)(H2,12,14,17). The van der Waals surface area contributed by atoms with Gasteiger partial charge in [0.15, 0.2) is 0 Å². The highest BCUT2D eigenvalue weighted by atomic mass is 32.2. The molecule has 96 valence electrons. The molecule has 0 unspecified atom stereocenters. The average Bonchev–Trinajstić information content (AvgIpc) is 2.42. The Morgan fingerprint density at radius 3 is 2.39 bits per heavy atom. The van der Waals surface area contributed by atoms with Crippen LogP contribution in [0.15, 0.2) is 30.3 Å². The highest BCUT2D eigenvalue weighted by molar-refractivity contribution is 8.14. The molecule has 1 rings (SSSR count). The van der Waals surface area contributed by atoms with E-state index in [0.29, 0.717) is 5.56 Å². The molecule has 5 N–H and O–H groups in total. The van der Waals surface area contributed by atoms with Gasteiger partial charge in [-0.05, 0) is 0 Å². The number of benzene rings is 1. The highest BCUT2D eigenvalue weighted by Gasteiger charge is 2.09. The molecule has 8 heteroatoms. The molecule has 1 aromatic carbocycles. The zero-order valence-corrected chi connectivity index (χ0v) is 10.1. The Bertz CT molecular complexity index is 438. The fourth-order valence-corrected chi connectivity index (χ4v) is 1.62. The SMILES string of the molecule is NNC(=O)NNC(=O)CSC(=O)c1ccccc1. The van der Waals surface area contributed by atoms with E-state index in [0.717, 1.165) is 11.8 Å². The Balaban J connectivity index is 2.31. The number of carbonyl (C=O) groups is 3. The summed E-state index contributed by atoms with van der Waals surface area (Å²) in [6, 6.07) is 7.84. The summed E-state index contributed by atoms with van der Waals surface area (Å²) in [6.45, 7) is 0. The van der Waals surface area contributed by atoms with E-state index in [9.17, 15) is 14.4 Å². The average molecular weight is 268 g/mol. The first-order valence-corrected chi connectivity index (χ1v) is 5.89. The molecule has 0 spiro atoms. The van der Waals surface area contributed by atoms with E-state index in [-0.39, 0.29) is 10.9 Å². The summed E-state index contributed by atoms with van der Waals surface area (Å²) in [7, 11) is 0. The summed E-state index contributed by atoms with van der Waals surface area (Å²) in [5, 5.41) is -0.214. The Hall–Kier alpha value is -2.06. The molecule has 0 aliphatic carbocycles. The molecule has 0 bridgehead atoms. The van der Waals surface area contributed by atoms with E-state index in [1.807, 2.05) is 5.43 Å². The van der Waals surface area contributed by atoms with Gasteiger partial charge < -0.3 is 0 Å². The van der Waals surface area contributed by atoms with Crippen LogP contribution in [-0.4, -0.2) is 22.8 Å². The second-order valence-electron chi connectivity index (χ2n) is 3.09. The van der Waals surface area contributed by atoms with Gasteiger partial charge in [0.2, 0.25) is 11.0 Å². The molecular weight excluding hydrogens is 256 g/mol. The van der Waals surface area contributed by atoms with Crippen LogP contribution in [0, 0.1) is 0 Å². The number of amides is 3. The van der Waals surface area contributed by atoms with Crippen LogP contribution in [0.2, 0.25) is 0 Å². The van der Waals surface area contributed by atoms with Crippen molar-refractivity contribution in [1.29, 1.82) is 0 Å². The minimum atomic E-state index is -0.747. The number of hydrogen-bond acceptors (Lipinski definition) is 5. The largest absolute Gasteiger partial charge is 0.347 e. The number of hydrogen-bond donors (Lipinski definition) is 4. The van der Waals surface area contributed by atoms with E-state index in [1.165, 1.54) is 0 Å².